The van der Waals surface area contributed by atoms with Crippen LogP contribution in [0.2, 0.25) is 0 Å². The third-order valence-electron chi connectivity index (χ3n) is 10.5. The molecule has 48 heavy (non-hydrogen) atoms. The van der Waals surface area contributed by atoms with E-state index in [0.717, 1.165) is 44.5 Å². The van der Waals surface area contributed by atoms with Crippen molar-refractivity contribution in [3.8, 4) is 11.1 Å². The summed E-state index contributed by atoms with van der Waals surface area (Å²) in [5.74, 6) is -0.246. The topological polar surface area (TPSA) is 108 Å². The molecule has 2 atom stereocenters. The van der Waals surface area contributed by atoms with Crippen LogP contribution in [0.3, 0.4) is 0 Å². The van der Waals surface area contributed by atoms with E-state index in [2.05, 4.69) is 31.7 Å². The summed E-state index contributed by atoms with van der Waals surface area (Å²) >= 11 is 0. The quantitative estimate of drug-likeness (QED) is 0.325. The molecule has 1 aliphatic carbocycles. The third-order valence-corrected chi connectivity index (χ3v) is 10.5. The highest BCUT2D eigenvalue weighted by Gasteiger charge is 2.36. The Kier molecular flexibility index (Phi) is 7.81. The second-order valence-electron chi connectivity index (χ2n) is 13.4. The number of nitrogens with zero attached hydrogens (tertiary/aromatic N) is 6. The first-order chi connectivity index (χ1) is 23.3. The molecule has 0 saturated carbocycles. The third kappa shape index (κ3) is 5.28. The molecule has 1 aromatic carbocycles. The molecule has 0 spiro atoms. The Morgan fingerprint density at radius 3 is 2.67 bits per heavy atom. The van der Waals surface area contributed by atoms with E-state index in [1.165, 1.54) is 28.0 Å². The van der Waals surface area contributed by atoms with Crippen LogP contribution in [0.25, 0.3) is 11.1 Å². The molecule has 4 aromatic rings. The number of fused-ring (bicyclic) bond motifs is 7. The Labute approximate surface area is 278 Å². The largest absolute Gasteiger partial charge is 0.392 e. The zero-order valence-corrected chi connectivity index (χ0v) is 27.3. The number of piperazine rings is 1. The Hall–Kier alpha value is -4.52. The zero-order chi connectivity index (χ0) is 33.1. The molecule has 0 radical (unpaired) electrons. The van der Waals surface area contributed by atoms with E-state index in [1.54, 1.807) is 24.2 Å². The Balaban J connectivity index is 1.09. The number of hydrogen-bond acceptors (Lipinski definition) is 8. The lowest BCUT2D eigenvalue weighted by molar-refractivity contribution is 0.0964. The SMILES string of the molecule is CN1CC2COCC1CN2c1ccc(Nc2cc(-c3cc(F)cc(N4CCn5c(cc6c5CCCC6)C4=O)c3CO)cn(C)c2=O)nc1. The fraction of sp³-hybridized carbons (Fsp3) is 0.417. The fourth-order valence-corrected chi connectivity index (χ4v) is 7.95. The van der Waals surface area contributed by atoms with Crippen LogP contribution in [0.5, 0.6) is 0 Å². The molecule has 2 bridgehead atoms. The van der Waals surface area contributed by atoms with Gasteiger partial charge in [-0.05, 0) is 80.3 Å². The van der Waals surface area contributed by atoms with E-state index in [9.17, 15) is 14.7 Å². The van der Waals surface area contributed by atoms with Gasteiger partial charge in [-0.2, -0.15) is 0 Å². The fourth-order valence-electron chi connectivity index (χ4n) is 7.95. The molecule has 2 N–H and O–H groups in total. The van der Waals surface area contributed by atoms with Crippen molar-refractivity contribution in [2.45, 2.75) is 50.9 Å². The van der Waals surface area contributed by atoms with Crippen molar-refractivity contribution in [3.63, 3.8) is 0 Å². The highest BCUT2D eigenvalue weighted by molar-refractivity contribution is 6.07. The van der Waals surface area contributed by atoms with Crippen molar-refractivity contribution < 1.29 is 19.0 Å². The van der Waals surface area contributed by atoms with Crippen LogP contribution < -0.4 is 20.7 Å². The van der Waals surface area contributed by atoms with Gasteiger partial charge in [0.15, 0.2) is 0 Å². The van der Waals surface area contributed by atoms with Gasteiger partial charge in [-0.1, -0.05) is 0 Å². The van der Waals surface area contributed by atoms with Crippen LogP contribution in [0.4, 0.5) is 27.3 Å². The van der Waals surface area contributed by atoms with Crippen LogP contribution >= 0.6 is 0 Å². The normalized spacial score (nSPS) is 20.9. The maximum absolute atomic E-state index is 15.4. The van der Waals surface area contributed by atoms with Crippen LogP contribution in [-0.2, 0) is 37.8 Å². The molecule has 5 aliphatic rings. The minimum Gasteiger partial charge on any atom is -0.392 e. The molecular formula is C36H40FN7O4. The lowest BCUT2D eigenvalue weighted by Gasteiger charge is -2.42. The monoisotopic (exact) mass is 653 g/mol. The van der Waals surface area contributed by atoms with E-state index in [-0.39, 0.29) is 23.2 Å². The number of anilines is 4. The van der Waals surface area contributed by atoms with E-state index in [0.29, 0.717) is 66.2 Å². The zero-order valence-electron chi connectivity index (χ0n) is 27.3. The number of likely N-dealkylation sites (N-methyl/N-ethyl adjacent to an activating group) is 1. The van der Waals surface area contributed by atoms with Gasteiger partial charge in [-0.25, -0.2) is 9.37 Å². The molecule has 3 fully saturated rings. The van der Waals surface area contributed by atoms with Gasteiger partial charge in [0.1, 0.15) is 23.0 Å². The van der Waals surface area contributed by atoms with Crippen molar-refractivity contribution in [2.24, 2.45) is 7.05 Å². The van der Waals surface area contributed by atoms with E-state index >= 15 is 4.39 Å². The molecule has 1 amide bonds. The molecule has 9 rings (SSSR count). The summed E-state index contributed by atoms with van der Waals surface area (Å²) in [5.41, 5.74) is 5.72. The van der Waals surface area contributed by atoms with Crippen molar-refractivity contribution in [2.75, 3.05) is 55.0 Å². The first kappa shape index (κ1) is 30.8. The molecule has 12 heteroatoms. The molecule has 250 valence electrons. The molecule has 4 aliphatic heterocycles. The average Bonchev–Trinajstić information content (AvgIpc) is 3.21. The van der Waals surface area contributed by atoms with Crippen molar-refractivity contribution in [1.82, 2.24) is 19.0 Å². The van der Waals surface area contributed by atoms with Gasteiger partial charge in [0.25, 0.3) is 11.5 Å². The van der Waals surface area contributed by atoms with Gasteiger partial charge in [-0.3, -0.25) is 14.5 Å². The van der Waals surface area contributed by atoms with E-state index in [4.69, 9.17) is 4.74 Å². The Morgan fingerprint density at radius 2 is 1.85 bits per heavy atom. The molecular weight excluding hydrogens is 613 g/mol. The number of aliphatic hydroxyl groups is 1. The van der Waals surface area contributed by atoms with Gasteiger partial charge < -0.3 is 34.1 Å². The summed E-state index contributed by atoms with van der Waals surface area (Å²) in [5, 5.41) is 13.8. The first-order valence-electron chi connectivity index (χ1n) is 16.7. The highest BCUT2D eigenvalue weighted by atomic mass is 19.1. The Morgan fingerprint density at radius 1 is 1.02 bits per heavy atom. The van der Waals surface area contributed by atoms with Gasteiger partial charge in [0.05, 0.1) is 49.5 Å². The predicted octanol–water partition coefficient (Wildman–Crippen LogP) is 3.68. The number of amides is 1. The number of aromatic nitrogens is 3. The van der Waals surface area contributed by atoms with Crippen molar-refractivity contribution in [1.29, 1.82) is 0 Å². The number of aliphatic hydroxyl groups excluding tert-OH is 1. The maximum Gasteiger partial charge on any atom is 0.274 e. The minimum absolute atomic E-state index is 0.202. The summed E-state index contributed by atoms with van der Waals surface area (Å²) in [4.78, 5) is 38.0. The first-order valence-corrected chi connectivity index (χ1v) is 16.7. The molecule has 3 aromatic heterocycles. The maximum atomic E-state index is 15.4. The highest BCUT2D eigenvalue weighted by Crippen LogP contribution is 2.37. The molecule has 7 heterocycles. The van der Waals surface area contributed by atoms with Gasteiger partial charge >= 0.3 is 0 Å². The summed E-state index contributed by atoms with van der Waals surface area (Å²) in [6.45, 7) is 3.73. The van der Waals surface area contributed by atoms with Crippen LogP contribution in [0.1, 0.15) is 40.2 Å². The summed E-state index contributed by atoms with van der Waals surface area (Å²) in [6.07, 6.45) is 7.57. The number of nitrogens with one attached hydrogen (secondary N) is 1. The predicted molar refractivity (Wildman–Crippen MR) is 182 cm³/mol. The summed E-state index contributed by atoms with van der Waals surface area (Å²) < 4.78 is 24.8. The number of rotatable bonds is 6. The van der Waals surface area contributed by atoms with Crippen LogP contribution in [0.15, 0.2) is 53.6 Å². The van der Waals surface area contributed by atoms with Gasteiger partial charge in [0, 0.05) is 56.2 Å². The number of halogens is 1. The second-order valence-corrected chi connectivity index (χ2v) is 13.4. The lowest BCUT2D eigenvalue weighted by Crippen LogP contribution is -2.56. The van der Waals surface area contributed by atoms with Gasteiger partial charge in [-0.15, -0.1) is 0 Å². The average molecular weight is 654 g/mol. The van der Waals surface area contributed by atoms with Crippen LogP contribution in [-0.4, -0.2) is 82.0 Å². The number of carbonyl (C=O) groups is 1. The van der Waals surface area contributed by atoms with Crippen molar-refractivity contribution >= 4 is 28.8 Å². The lowest BCUT2D eigenvalue weighted by atomic mass is 9.97. The number of aryl methyl sites for hydroxylation is 2. The summed E-state index contributed by atoms with van der Waals surface area (Å²) in [6, 6.07) is 10.7. The summed E-state index contributed by atoms with van der Waals surface area (Å²) in [7, 11) is 3.76. The molecule has 2 unspecified atom stereocenters. The Bertz CT molecular complexity index is 1960. The number of benzene rings is 1. The second kappa shape index (κ2) is 12.2. The van der Waals surface area contributed by atoms with Crippen molar-refractivity contribution in [3.05, 3.63) is 87.5 Å². The smallest absolute Gasteiger partial charge is 0.274 e. The van der Waals surface area contributed by atoms with Gasteiger partial charge in [0.2, 0.25) is 0 Å². The van der Waals surface area contributed by atoms with Crippen LogP contribution in [0, 0.1) is 5.82 Å². The minimum atomic E-state index is -0.537. The number of hydrogen-bond donors (Lipinski definition) is 2. The van der Waals surface area contributed by atoms with E-state index in [1.807, 2.05) is 24.4 Å². The number of ether oxygens (including phenoxy) is 1. The number of pyridine rings is 2. The van der Waals surface area contributed by atoms with E-state index < -0.39 is 12.4 Å². The molecule has 11 nitrogen and oxygen atoms in total. The number of carbonyl (C=O) groups excluding carboxylic acids is 1. The standard InChI is InChI=1S/C36H40FN7O4/c1-40-17-27-21-48-20-26(40)18-44(27)25-7-8-34(38-15-25)39-30-11-23(16-41(2)35(30)46)28-13-24(37)14-32(29(28)19-45)43-10-9-42-31-6-4-3-5-22(31)12-33(42)36(43)47/h7-8,11-16,26-27,45H,3-6,9-10,17-21H2,1-2H3,(H,38,39). The molecule has 3 saturated heterocycles.